The fourth-order valence-electron chi connectivity index (χ4n) is 1.85. The Balaban J connectivity index is 1.84. The van der Waals surface area contributed by atoms with Crippen LogP contribution < -0.4 is 22.1 Å². The van der Waals surface area contributed by atoms with Crippen molar-refractivity contribution in [3.63, 3.8) is 0 Å². The Morgan fingerprint density at radius 1 is 0.952 bits per heavy atom. The van der Waals surface area contributed by atoms with E-state index in [9.17, 15) is 9.90 Å². The highest BCUT2D eigenvalue weighted by Gasteiger charge is 2.00. The van der Waals surface area contributed by atoms with Crippen molar-refractivity contribution in [1.82, 2.24) is 0 Å². The van der Waals surface area contributed by atoms with Gasteiger partial charge in [0.1, 0.15) is 5.75 Å². The number of hydrogen-bond acceptors (Lipinski definition) is 6. The summed E-state index contributed by atoms with van der Waals surface area (Å²) in [6, 6.07) is 10.2. The van der Waals surface area contributed by atoms with Crippen LogP contribution in [0.15, 0.2) is 36.4 Å². The zero-order chi connectivity index (χ0) is 15.2. The molecule has 0 aliphatic heterocycles. The molecule has 2 aromatic rings. The van der Waals surface area contributed by atoms with E-state index in [0.717, 1.165) is 17.7 Å². The molecule has 6 nitrogen and oxygen atoms in total. The van der Waals surface area contributed by atoms with Crippen molar-refractivity contribution in [2.24, 2.45) is 0 Å². The lowest BCUT2D eigenvalue weighted by molar-refractivity contribution is 0.112. The summed E-state index contributed by atoms with van der Waals surface area (Å²) in [6.07, 6.45) is 0.732. The molecule has 0 unspecified atom stereocenters. The summed E-state index contributed by atoms with van der Waals surface area (Å²) in [5, 5.41) is 15.8. The zero-order valence-corrected chi connectivity index (χ0v) is 11.5. The fraction of sp³-hybridized carbons (Fsp3) is 0.133. The third-order valence-electron chi connectivity index (χ3n) is 3.03. The number of rotatable bonds is 6. The zero-order valence-electron chi connectivity index (χ0n) is 11.5. The molecular weight excluding hydrogens is 268 g/mol. The van der Waals surface area contributed by atoms with Crippen LogP contribution in [-0.2, 0) is 0 Å². The molecule has 0 aliphatic rings. The molecule has 0 heterocycles. The highest BCUT2D eigenvalue weighted by atomic mass is 16.3. The van der Waals surface area contributed by atoms with Crippen LogP contribution in [0.5, 0.6) is 5.75 Å². The Kier molecular flexibility index (Phi) is 4.50. The Labute approximate surface area is 122 Å². The molecule has 7 N–H and O–H groups in total. The van der Waals surface area contributed by atoms with Gasteiger partial charge < -0.3 is 27.2 Å². The molecule has 0 atom stereocenters. The van der Waals surface area contributed by atoms with Crippen LogP contribution in [0.1, 0.15) is 10.4 Å². The molecule has 0 aromatic heterocycles. The quantitative estimate of drug-likeness (QED) is 0.240. The first-order chi connectivity index (χ1) is 10.1. The second-order valence-electron chi connectivity index (χ2n) is 4.59. The van der Waals surface area contributed by atoms with E-state index in [2.05, 4.69) is 10.6 Å². The maximum absolute atomic E-state index is 10.8. The first-order valence-electron chi connectivity index (χ1n) is 6.51. The average Bonchev–Trinajstić information content (AvgIpc) is 2.48. The molecule has 0 aliphatic carbocycles. The van der Waals surface area contributed by atoms with E-state index in [0.29, 0.717) is 30.0 Å². The lowest BCUT2D eigenvalue weighted by atomic mass is 10.2. The van der Waals surface area contributed by atoms with E-state index in [1.807, 2.05) is 6.07 Å². The van der Waals surface area contributed by atoms with E-state index in [1.165, 1.54) is 0 Å². The van der Waals surface area contributed by atoms with Gasteiger partial charge in [0.15, 0.2) is 6.29 Å². The van der Waals surface area contributed by atoms with Gasteiger partial charge in [-0.15, -0.1) is 0 Å². The maximum Gasteiger partial charge on any atom is 0.152 e. The third-order valence-corrected chi connectivity index (χ3v) is 3.03. The molecule has 110 valence electrons. The topological polar surface area (TPSA) is 113 Å². The molecule has 0 spiro atoms. The molecule has 0 saturated carbocycles. The van der Waals surface area contributed by atoms with Crippen molar-refractivity contribution in [2.45, 2.75) is 0 Å². The summed E-state index contributed by atoms with van der Waals surface area (Å²) in [5.41, 5.74) is 14.1. The van der Waals surface area contributed by atoms with Crippen LogP contribution in [0.2, 0.25) is 0 Å². The highest BCUT2D eigenvalue weighted by Crippen LogP contribution is 2.23. The third kappa shape index (κ3) is 3.79. The Bertz CT molecular complexity index is 644. The summed E-state index contributed by atoms with van der Waals surface area (Å²) in [5.74, 6) is 0.0575. The van der Waals surface area contributed by atoms with Gasteiger partial charge in [0, 0.05) is 41.8 Å². The number of nitrogen functional groups attached to an aromatic ring is 2. The van der Waals surface area contributed by atoms with E-state index in [1.54, 1.807) is 30.3 Å². The van der Waals surface area contributed by atoms with Crippen molar-refractivity contribution >= 4 is 29.0 Å². The van der Waals surface area contributed by atoms with Gasteiger partial charge in [-0.05, 0) is 30.3 Å². The largest absolute Gasteiger partial charge is 0.506 e. The van der Waals surface area contributed by atoms with E-state index >= 15 is 0 Å². The van der Waals surface area contributed by atoms with Crippen LogP contribution in [-0.4, -0.2) is 24.5 Å². The maximum atomic E-state index is 10.8. The molecule has 0 bridgehead atoms. The summed E-state index contributed by atoms with van der Waals surface area (Å²) in [6.45, 7) is 1.29. The number of carbonyl (C=O) groups is 1. The molecule has 2 rings (SSSR count). The molecule has 6 heteroatoms. The fourth-order valence-corrected chi connectivity index (χ4v) is 1.85. The second kappa shape index (κ2) is 6.51. The number of nitrogens with one attached hydrogen (secondary N) is 2. The number of carbonyl (C=O) groups excluding carboxylic acids is 1. The van der Waals surface area contributed by atoms with Gasteiger partial charge in [-0.1, -0.05) is 0 Å². The lowest BCUT2D eigenvalue weighted by Gasteiger charge is -2.10. The molecule has 0 fully saturated rings. The highest BCUT2D eigenvalue weighted by molar-refractivity contribution is 5.85. The van der Waals surface area contributed by atoms with Gasteiger partial charge >= 0.3 is 0 Å². The molecule has 0 radical (unpaired) electrons. The minimum Gasteiger partial charge on any atom is -0.506 e. The molecule has 2 aromatic carbocycles. The van der Waals surface area contributed by atoms with Gasteiger partial charge in [-0.2, -0.15) is 0 Å². The van der Waals surface area contributed by atoms with Gasteiger partial charge in [0.25, 0.3) is 0 Å². The molecule has 21 heavy (non-hydrogen) atoms. The lowest BCUT2D eigenvalue weighted by Crippen LogP contribution is -2.13. The van der Waals surface area contributed by atoms with Crippen molar-refractivity contribution < 1.29 is 9.90 Å². The number of phenolic OH excluding ortho intramolecular Hbond substituents is 1. The monoisotopic (exact) mass is 286 g/mol. The number of benzene rings is 2. The number of aldehydes is 1. The Hall–Kier alpha value is -2.89. The smallest absolute Gasteiger partial charge is 0.152 e. The number of nitrogens with two attached hydrogens (primary N) is 2. The first kappa shape index (κ1) is 14.5. The van der Waals surface area contributed by atoms with Gasteiger partial charge in [0.05, 0.1) is 5.69 Å². The van der Waals surface area contributed by atoms with Gasteiger partial charge in [0.2, 0.25) is 0 Å². The summed E-state index contributed by atoms with van der Waals surface area (Å²) in [4.78, 5) is 10.8. The minimum atomic E-state index is 0.0575. The van der Waals surface area contributed by atoms with Gasteiger partial charge in [-0.25, -0.2) is 0 Å². The standard InChI is InChI=1S/C15H18N4O2/c16-13-3-1-11(7-10(13)9-20)18-5-6-19-12-2-4-14(17)15(21)8-12/h1-4,7-9,18-19,21H,5-6,16-17H2. The predicted molar refractivity (Wildman–Crippen MR) is 85.7 cm³/mol. The van der Waals surface area contributed by atoms with Gasteiger partial charge in [-0.3, -0.25) is 4.79 Å². The van der Waals surface area contributed by atoms with Crippen LogP contribution in [0.4, 0.5) is 22.7 Å². The SMILES string of the molecule is Nc1ccc(NCCNc2ccc(N)c(C=O)c2)cc1O. The van der Waals surface area contributed by atoms with Crippen LogP contribution in [0, 0.1) is 0 Å². The number of hydrogen-bond donors (Lipinski definition) is 5. The van der Waals surface area contributed by atoms with Crippen molar-refractivity contribution in [3.8, 4) is 5.75 Å². The minimum absolute atomic E-state index is 0.0575. The summed E-state index contributed by atoms with van der Waals surface area (Å²) in [7, 11) is 0. The normalized spacial score (nSPS) is 10.1. The van der Waals surface area contributed by atoms with E-state index in [4.69, 9.17) is 11.5 Å². The molecular formula is C15H18N4O2. The average molecular weight is 286 g/mol. The Morgan fingerprint density at radius 3 is 2.10 bits per heavy atom. The van der Waals surface area contributed by atoms with Crippen molar-refractivity contribution in [2.75, 3.05) is 35.2 Å². The van der Waals surface area contributed by atoms with Crippen LogP contribution in [0.25, 0.3) is 0 Å². The number of aromatic hydroxyl groups is 1. The molecule has 0 saturated heterocycles. The van der Waals surface area contributed by atoms with Crippen LogP contribution >= 0.6 is 0 Å². The summed E-state index contributed by atoms with van der Waals surface area (Å²) < 4.78 is 0. The predicted octanol–water partition coefficient (Wildman–Crippen LogP) is 1.89. The van der Waals surface area contributed by atoms with Crippen molar-refractivity contribution in [1.29, 1.82) is 0 Å². The van der Waals surface area contributed by atoms with E-state index in [-0.39, 0.29) is 5.75 Å². The summed E-state index contributed by atoms with van der Waals surface area (Å²) >= 11 is 0. The Morgan fingerprint density at radius 2 is 1.52 bits per heavy atom. The number of phenols is 1. The second-order valence-corrected chi connectivity index (χ2v) is 4.59. The number of anilines is 4. The van der Waals surface area contributed by atoms with Crippen molar-refractivity contribution in [3.05, 3.63) is 42.0 Å². The van der Waals surface area contributed by atoms with Crippen LogP contribution in [0.3, 0.4) is 0 Å². The first-order valence-corrected chi connectivity index (χ1v) is 6.51. The molecule has 0 amide bonds. The van der Waals surface area contributed by atoms with E-state index < -0.39 is 0 Å².